The van der Waals surface area contributed by atoms with Crippen molar-refractivity contribution < 1.29 is 23.2 Å². The van der Waals surface area contributed by atoms with E-state index in [-0.39, 0.29) is 24.8 Å². The van der Waals surface area contributed by atoms with E-state index in [1.54, 1.807) is 21.6 Å². The molecule has 2 saturated heterocycles. The Kier molecular flexibility index (Phi) is 6.15. The summed E-state index contributed by atoms with van der Waals surface area (Å²) in [6, 6.07) is 0.180. The van der Waals surface area contributed by atoms with Gasteiger partial charge in [0.05, 0.1) is 18.8 Å². The van der Waals surface area contributed by atoms with Gasteiger partial charge in [-0.15, -0.1) is 0 Å². The Labute approximate surface area is 122 Å². The van der Waals surface area contributed by atoms with E-state index < -0.39 is 7.82 Å². The highest BCUT2D eigenvalue weighted by molar-refractivity contribution is 8.76. The van der Waals surface area contributed by atoms with Crippen molar-refractivity contribution in [3.63, 3.8) is 0 Å². The number of hydrogen-bond donors (Lipinski definition) is 1. The SMILES string of the molecule is B[C@@H]1O[C@H](COP(=O)(O)O[C@@H]2CCSSC2)C[C@@H]1C. The molecular formula is C10H20BO5PS2. The molecule has 2 rings (SSSR count). The van der Waals surface area contributed by atoms with Crippen molar-refractivity contribution in [3.05, 3.63) is 0 Å². The molecule has 1 N–H and O–H groups in total. The van der Waals surface area contributed by atoms with Crippen LogP contribution in [0.1, 0.15) is 19.8 Å². The summed E-state index contributed by atoms with van der Waals surface area (Å²) in [5.41, 5.74) is 0. The molecule has 2 heterocycles. The van der Waals surface area contributed by atoms with Crippen LogP contribution in [0.25, 0.3) is 0 Å². The molecule has 0 aliphatic carbocycles. The molecule has 19 heavy (non-hydrogen) atoms. The predicted octanol–water partition coefficient (Wildman–Crippen LogP) is 1.66. The average Bonchev–Trinajstić information content (AvgIpc) is 2.67. The highest BCUT2D eigenvalue weighted by Gasteiger charge is 2.33. The third kappa shape index (κ3) is 5.27. The van der Waals surface area contributed by atoms with Crippen molar-refractivity contribution in [2.75, 3.05) is 18.1 Å². The number of rotatable bonds is 5. The standard InChI is InChI=1S/C10H20BO5PS2/c1-7-4-9(15-10(7)11)5-14-17(12,13)16-8-2-3-18-19-6-8/h7-10H,2-6,11H2,1H3,(H,12,13)/t7-,8+,9-,10+/m0/s1. The molecule has 0 saturated carbocycles. The first-order valence-electron chi connectivity index (χ1n) is 6.52. The molecule has 0 amide bonds. The van der Waals surface area contributed by atoms with Crippen molar-refractivity contribution in [2.45, 2.75) is 38.0 Å². The Bertz CT molecular complexity index is 332. The molecule has 0 aromatic rings. The van der Waals surface area contributed by atoms with Gasteiger partial charge in [0.25, 0.3) is 0 Å². The summed E-state index contributed by atoms with van der Waals surface area (Å²) >= 11 is 0. The predicted molar refractivity (Wildman–Crippen MR) is 81.2 cm³/mol. The highest BCUT2D eigenvalue weighted by atomic mass is 33.1. The summed E-state index contributed by atoms with van der Waals surface area (Å²) in [7, 11) is 1.49. The fraction of sp³-hybridized carbons (Fsp3) is 1.00. The molecule has 5 atom stereocenters. The minimum absolute atomic E-state index is 0.106. The summed E-state index contributed by atoms with van der Waals surface area (Å²) in [6.07, 6.45) is 1.35. The van der Waals surface area contributed by atoms with Crippen molar-refractivity contribution in [1.29, 1.82) is 0 Å². The summed E-state index contributed by atoms with van der Waals surface area (Å²) in [6.45, 7) is 2.23. The molecule has 0 spiro atoms. The van der Waals surface area contributed by atoms with Crippen LogP contribution in [0.4, 0.5) is 0 Å². The number of phosphoric ester groups is 1. The third-order valence-electron chi connectivity index (χ3n) is 3.41. The van der Waals surface area contributed by atoms with Gasteiger partial charge in [-0.25, -0.2) is 4.57 Å². The van der Waals surface area contributed by atoms with Gasteiger partial charge in [0.1, 0.15) is 7.85 Å². The molecular weight excluding hydrogens is 306 g/mol. The van der Waals surface area contributed by atoms with Gasteiger partial charge in [-0.05, 0) is 18.8 Å². The van der Waals surface area contributed by atoms with E-state index in [4.69, 9.17) is 13.8 Å². The second-order valence-corrected chi connectivity index (χ2v) is 9.10. The van der Waals surface area contributed by atoms with Crippen LogP contribution in [0.5, 0.6) is 0 Å². The van der Waals surface area contributed by atoms with Crippen LogP contribution in [0, 0.1) is 5.92 Å². The largest absolute Gasteiger partial charge is 0.472 e. The van der Waals surface area contributed by atoms with Crippen LogP contribution in [0.3, 0.4) is 0 Å². The lowest BCUT2D eigenvalue weighted by Crippen LogP contribution is -2.21. The smallest absolute Gasteiger partial charge is 0.381 e. The van der Waals surface area contributed by atoms with E-state index in [1.165, 1.54) is 0 Å². The quantitative estimate of drug-likeness (QED) is 0.468. The van der Waals surface area contributed by atoms with Crippen LogP contribution in [-0.2, 0) is 18.3 Å². The highest BCUT2D eigenvalue weighted by Crippen LogP contribution is 2.47. The van der Waals surface area contributed by atoms with Crippen LogP contribution in [-0.4, -0.2) is 49.1 Å². The van der Waals surface area contributed by atoms with Crippen molar-refractivity contribution in [1.82, 2.24) is 0 Å². The Hall–Kier alpha value is 0.835. The zero-order valence-corrected chi connectivity index (χ0v) is 13.7. The van der Waals surface area contributed by atoms with Gasteiger partial charge in [-0.3, -0.25) is 9.05 Å². The maximum Gasteiger partial charge on any atom is 0.472 e. The Balaban J connectivity index is 1.73. The minimum Gasteiger partial charge on any atom is -0.381 e. The first-order chi connectivity index (χ1) is 8.96. The number of phosphoric acid groups is 1. The number of hydrogen-bond acceptors (Lipinski definition) is 6. The summed E-state index contributed by atoms with van der Waals surface area (Å²) in [5, 5.41) is 0. The topological polar surface area (TPSA) is 65.0 Å². The van der Waals surface area contributed by atoms with E-state index >= 15 is 0 Å². The first kappa shape index (κ1) is 16.2. The fourth-order valence-corrected chi connectivity index (χ4v) is 5.55. The normalized spacial score (nSPS) is 39.1. The lowest BCUT2D eigenvalue weighted by atomic mass is 9.88. The molecule has 110 valence electrons. The molecule has 2 fully saturated rings. The maximum atomic E-state index is 11.8. The Morgan fingerprint density at radius 2 is 2.32 bits per heavy atom. The summed E-state index contributed by atoms with van der Waals surface area (Å²) in [5.74, 6) is 2.13. The minimum atomic E-state index is -3.96. The zero-order valence-electron chi connectivity index (χ0n) is 11.2. The lowest BCUT2D eigenvalue weighted by Gasteiger charge is -2.23. The fourth-order valence-electron chi connectivity index (χ4n) is 2.13. The van der Waals surface area contributed by atoms with Crippen LogP contribution < -0.4 is 0 Å². The van der Waals surface area contributed by atoms with E-state index in [0.717, 1.165) is 24.3 Å². The monoisotopic (exact) mass is 326 g/mol. The van der Waals surface area contributed by atoms with Crippen LogP contribution in [0.2, 0.25) is 0 Å². The van der Waals surface area contributed by atoms with Gasteiger partial charge >= 0.3 is 7.82 Å². The molecule has 2 aliphatic rings. The second kappa shape index (κ2) is 7.21. The summed E-state index contributed by atoms with van der Waals surface area (Å²) in [4.78, 5) is 9.70. The van der Waals surface area contributed by atoms with Gasteiger partial charge in [0, 0.05) is 17.5 Å². The molecule has 1 unspecified atom stereocenters. The van der Waals surface area contributed by atoms with Crippen molar-refractivity contribution in [2.24, 2.45) is 5.92 Å². The second-order valence-electron chi connectivity index (χ2n) is 5.06. The van der Waals surface area contributed by atoms with Gasteiger partial charge in [-0.1, -0.05) is 28.5 Å². The molecule has 2 aliphatic heterocycles. The molecule has 9 heteroatoms. The van der Waals surface area contributed by atoms with Crippen LogP contribution in [0.15, 0.2) is 0 Å². The molecule has 0 radical (unpaired) electrons. The molecule has 0 aromatic heterocycles. The maximum absolute atomic E-state index is 11.8. The van der Waals surface area contributed by atoms with Gasteiger partial charge in [0.2, 0.25) is 0 Å². The van der Waals surface area contributed by atoms with E-state index in [1.807, 2.05) is 7.85 Å². The van der Waals surface area contributed by atoms with Gasteiger partial charge in [0.15, 0.2) is 0 Å². The molecule has 5 nitrogen and oxygen atoms in total. The van der Waals surface area contributed by atoms with Crippen molar-refractivity contribution >= 4 is 37.3 Å². The third-order valence-corrected chi connectivity index (χ3v) is 6.93. The van der Waals surface area contributed by atoms with E-state index in [0.29, 0.717) is 5.92 Å². The first-order valence-corrected chi connectivity index (χ1v) is 10.5. The zero-order chi connectivity index (χ0) is 13.9. The van der Waals surface area contributed by atoms with Crippen LogP contribution >= 0.6 is 29.4 Å². The molecule has 0 bridgehead atoms. The molecule has 0 aromatic carbocycles. The average molecular weight is 326 g/mol. The lowest BCUT2D eigenvalue weighted by molar-refractivity contribution is 0.0280. The van der Waals surface area contributed by atoms with Crippen molar-refractivity contribution in [3.8, 4) is 0 Å². The summed E-state index contributed by atoms with van der Waals surface area (Å²) < 4.78 is 27.7. The Morgan fingerprint density at radius 1 is 1.53 bits per heavy atom. The number of ether oxygens (including phenoxy) is 1. The van der Waals surface area contributed by atoms with Gasteiger partial charge in [-0.2, -0.15) is 0 Å². The van der Waals surface area contributed by atoms with Gasteiger partial charge < -0.3 is 9.63 Å². The van der Waals surface area contributed by atoms with E-state index in [2.05, 4.69) is 6.92 Å². The Morgan fingerprint density at radius 3 is 2.89 bits per heavy atom. The van der Waals surface area contributed by atoms with E-state index in [9.17, 15) is 9.46 Å².